The highest BCUT2D eigenvalue weighted by Crippen LogP contribution is 2.31. The molecule has 0 aliphatic carbocycles. The minimum Gasteiger partial charge on any atom is -0.338 e. The zero-order valence-corrected chi connectivity index (χ0v) is 21.9. The zero-order valence-electron chi connectivity index (χ0n) is 20.3. The van der Waals surface area contributed by atoms with Gasteiger partial charge in [-0.15, -0.1) is 11.3 Å². The number of nitrogens with one attached hydrogen (secondary N) is 1. The van der Waals surface area contributed by atoms with Crippen molar-refractivity contribution in [1.82, 2.24) is 19.4 Å². The summed E-state index contributed by atoms with van der Waals surface area (Å²) in [5.74, 6) is -0.882. The normalized spacial score (nSPS) is 21.9. The fourth-order valence-corrected chi connectivity index (χ4v) is 6.86. The van der Waals surface area contributed by atoms with E-state index < -0.39 is 40.0 Å². The van der Waals surface area contributed by atoms with Crippen molar-refractivity contribution in [3.05, 3.63) is 52.9 Å². The molecule has 3 heterocycles. The van der Waals surface area contributed by atoms with Crippen LogP contribution in [0.4, 0.5) is 4.79 Å². The fraction of sp³-hybridized carbons (Fsp3) is 0.458. The molecule has 11 heteroatoms. The van der Waals surface area contributed by atoms with E-state index in [4.69, 9.17) is 0 Å². The van der Waals surface area contributed by atoms with Crippen molar-refractivity contribution in [1.29, 1.82) is 0 Å². The van der Waals surface area contributed by atoms with E-state index in [0.717, 1.165) is 21.8 Å². The maximum atomic E-state index is 13.2. The molecule has 1 unspecified atom stereocenters. The van der Waals surface area contributed by atoms with Crippen LogP contribution in [0.2, 0.25) is 0 Å². The van der Waals surface area contributed by atoms with Gasteiger partial charge in [0, 0.05) is 26.2 Å². The van der Waals surface area contributed by atoms with Crippen LogP contribution in [0.1, 0.15) is 38.8 Å². The third-order valence-corrected chi connectivity index (χ3v) is 9.85. The Labute approximate surface area is 209 Å². The molecule has 0 spiro atoms. The number of carbonyl (C=O) groups is 3. The first kappa shape index (κ1) is 25.3. The van der Waals surface area contributed by atoms with Crippen molar-refractivity contribution in [2.24, 2.45) is 0 Å². The summed E-state index contributed by atoms with van der Waals surface area (Å²) in [6.45, 7) is 8.23. The smallest absolute Gasteiger partial charge is 0.325 e. The molecule has 1 aromatic heterocycles. The molecule has 1 aromatic carbocycles. The molecule has 0 saturated carbocycles. The third kappa shape index (κ3) is 4.72. The highest BCUT2D eigenvalue weighted by molar-refractivity contribution is 7.91. The van der Waals surface area contributed by atoms with Crippen molar-refractivity contribution in [3.63, 3.8) is 0 Å². The van der Waals surface area contributed by atoms with Gasteiger partial charge in [-0.25, -0.2) is 13.2 Å². The van der Waals surface area contributed by atoms with E-state index in [1.54, 1.807) is 24.4 Å². The highest BCUT2D eigenvalue weighted by Gasteiger charge is 2.50. The topological polar surface area (TPSA) is 107 Å². The number of rotatable bonds is 5. The summed E-state index contributed by atoms with van der Waals surface area (Å²) in [6, 6.07) is 10.2. The molecule has 0 radical (unpaired) electrons. The lowest BCUT2D eigenvalue weighted by Gasteiger charge is -2.34. The Bertz CT molecular complexity index is 1230. The molecule has 1 N–H and O–H groups in total. The number of imide groups is 1. The zero-order chi connectivity index (χ0) is 25.6. The number of hydrogen-bond donors (Lipinski definition) is 1. The first-order valence-corrected chi connectivity index (χ1v) is 13.7. The van der Waals surface area contributed by atoms with Crippen LogP contribution in [0.5, 0.6) is 0 Å². The summed E-state index contributed by atoms with van der Waals surface area (Å²) < 4.78 is 27.0. The maximum Gasteiger partial charge on any atom is 0.325 e. The predicted molar refractivity (Wildman–Crippen MR) is 132 cm³/mol. The van der Waals surface area contributed by atoms with Crippen LogP contribution < -0.4 is 5.32 Å². The van der Waals surface area contributed by atoms with Crippen LogP contribution in [0.15, 0.2) is 46.0 Å². The van der Waals surface area contributed by atoms with E-state index in [-0.39, 0.29) is 35.8 Å². The lowest BCUT2D eigenvalue weighted by molar-refractivity contribution is -0.139. The van der Waals surface area contributed by atoms with Gasteiger partial charge in [-0.05, 0) is 34.9 Å². The Morgan fingerprint density at radius 2 is 1.69 bits per heavy atom. The van der Waals surface area contributed by atoms with Gasteiger partial charge >= 0.3 is 6.03 Å². The van der Waals surface area contributed by atoms with Crippen LogP contribution in [-0.2, 0) is 30.6 Å². The van der Waals surface area contributed by atoms with Crippen molar-refractivity contribution in [3.8, 4) is 0 Å². The van der Waals surface area contributed by atoms with Crippen LogP contribution in [0, 0.1) is 0 Å². The van der Waals surface area contributed by atoms with Crippen LogP contribution >= 0.6 is 11.3 Å². The molecule has 9 nitrogen and oxygen atoms in total. The average Bonchev–Trinajstić information content (AvgIpc) is 3.43. The minimum atomic E-state index is -3.58. The first-order valence-electron chi connectivity index (χ1n) is 11.4. The number of piperazine rings is 1. The monoisotopic (exact) mass is 518 g/mol. The Balaban J connectivity index is 1.40. The van der Waals surface area contributed by atoms with Gasteiger partial charge in [0.15, 0.2) is 0 Å². The second kappa shape index (κ2) is 9.03. The Morgan fingerprint density at radius 3 is 2.23 bits per heavy atom. The largest absolute Gasteiger partial charge is 0.338 e. The molecule has 2 aliphatic heterocycles. The van der Waals surface area contributed by atoms with Gasteiger partial charge in [-0.2, -0.15) is 4.31 Å². The number of hydrogen-bond acceptors (Lipinski definition) is 6. The van der Waals surface area contributed by atoms with Crippen LogP contribution in [-0.4, -0.2) is 73.1 Å². The standard InChI is InChI=1S/C24H30N4O5S2/c1-23(2,3)17-7-9-18(10-8-17)24(4)21(30)28(22(31)25-24)16-19(29)26-11-13-27(14-12-26)35(32,33)20-6-5-15-34-20/h5-10,15H,11-14,16H2,1-4H3,(H,25,31). The van der Waals surface area contributed by atoms with Crippen molar-refractivity contribution in [2.45, 2.75) is 42.9 Å². The van der Waals surface area contributed by atoms with Gasteiger partial charge in [0.25, 0.3) is 15.9 Å². The third-order valence-electron chi connectivity index (χ3n) is 6.58. The summed E-state index contributed by atoms with van der Waals surface area (Å²) in [7, 11) is -3.58. The first-order chi connectivity index (χ1) is 16.3. The molecular formula is C24H30N4O5S2. The van der Waals surface area contributed by atoms with Crippen LogP contribution in [0.25, 0.3) is 0 Å². The number of sulfonamides is 1. The summed E-state index contributed by atoms with van der Waals surface area (Å²) >= 11 is 1.15. The summed E-state index contributed by atoms with van der Waals surface area (Å²) in [5, 5.41) is 4.44. The van der Waals surface area contributed by atoms with Gasteiger partial charge in [0.05, 0.1) is 0 Å². The Hall–Kier alpha value is -2.76. The van der Waals surface area contributed by atoms with Gasteiger partial charge in [-0.1, -0.05) is 51.1 Å². The fourth-order valence-electron chi connectivity index (χ4n) is 4.29. The Kier molecular flexibility index (Phi) is 6.54. The molecule has 4 rings (SSSR count). The molecule has 35 heavy (non-hydrogen) atoms. The molecule has 2 aliphatic rings. The van der Waals surface area contributed by atoms with E-state index in [1.807, 2.05) is 24.3 Å². The quantitative estimate of drug-likeness (QED) is 0.612. The summed E-state index contributed by atoms with van der Waals surface area (Å²) in [6.07, 6.45) is 0. The van der Waals surface area contributed by atoms with E-state index in [9.17, 15) is 22.8 Å². The second-order valence-corrected chi connectivity index (χ2v) is 13.1. The van der Waals surface area contributed by atoms with Crippen LogP contribution in [0.3, 0.4) is 0 Å². The molecule has 2 aromatic rings. The number of amides is 4. The van der Waals surface area contributed by atoms with E-state index >= 15 is 0 Å². The lowest BCUT2D eigenvalue weighted by Crippen LogP contribution is -2.53. The van der Waals surface area contributed by atoms with E-state index in [2.05, 4.69) is 26.1 Å². The number of benzene rings is 1. The number of thiophene rings is 1. The maximum absolute atomic E-state index is 13.2. The predicted octanol–water partition coefficient (Wildman–Crippen LogP) is 2.35. The molecule has 2 saturated heterocycles. The summed E-state index contributed by atoms with van der Waals surface area (Å²) in [4.78, 5) is 41.3. The van der Waals surface area contributed by atoms with Gasteiger partial charge in [0.1, 0.15) is 16.3 Å². The molecule has 188 valence electrons. The van der Waals surface area contributed by atoms with E-state index in [1.165, 1.54) is 9.21 Å². The molecular weight excluding hydrogens is 488 g/mol. The lowest BCUT2D eigenvalue weighted by atomic mass is 9.84. The van der Waals surface area contributed by atoms with Crippen molar-refractivity contribution in [2.75, 3.05) is 32.7 Å². The summed E-state index contributed by atoms with van der Waals surface area (Å²) in [5.41, 5.74) is 0.440. The van der Waals surface area contributed by atoms with Gasteiger partial charge in [0.2, 0.25) is 5.91 Å². The Morgan fingerprint density at radius 1 is 1.06 bits per heavy atom. The number of carbonyl (C=O) groups excluding carboxylic acids is 3. The molecule has 4 amide bonds. The minimum absolute atomic E-state index is 0.0477. The average molecular weight is 519 g/mol. The molecule has 1 atom stereocenters. The van der Waals surface area contributed by atoms with Crippen molar-refractivity contribution < 1.29 is 22.8 Å². The van der Waals surface area contributed by atoms with Crippen molar-refractivity contribution >= 4 is 39.2 Å². The molecule has 2 fully saturated rings. The van der Waals surface area contributed by atoms with Gasteiger partial charge in [-0.3, -0.25) is 14.5 Å². The second-order valence-electron chi connectivity index (χ2n) is 9.99. The molecule has 0 bridgehead atoms. The number of urea groups is 1. The number of nitrogens with zero attached hydrogens (tertiary/aromatic N) is 3. The van der Waals surface area contributed by atoms with Gasteiger partial charge < -0.3 is 10.2 Å². The van der Waals surface area contributed by atoms with E-state index in [0.29, 0.717) is 5.56 Å². The SMILES string of the molecule is CC(C)(C)c1ccc(C2(C)NC(=O)N(CC(=O)N3CCN(S(=O)(=O)c4cccs4)CC3)C2=O)cc1. The highest BCUT2D eigenvalue weighted by atomic mass is 32.2.